The van der Waals surface area contributed by atoms with Gasteiger partial charge in [0.05, 0.1) is 5.69 Å². The summed E-state index contributed by atoms with van der Waals surface area (Å²) in [5.74, 6) is -0.149. The Kier molecular flexibility index (Phi) is 5.83. The third-order valence-electron chi connectivity index (χ3n) is 3.57. The molecule has 118 valence electrons. The number of hydrogen-bond donors (Lipinski definition) is 2. The van der Waals surface area contributed by atoms with Crippen molar-refractivity contribution in [2.45, 2.75) is 18.9 Å². The largest absolute Gasteiger partial charge is 0.349 e. The number of benzene rings is 1. The first-order chi connectivity index (χ1) is 10.2. The van der Waals surface area contributed by atoms with E-state index in [1.165, 1.54) is 6.42 Å². The molecule has 1 aromatic heterocycles. The van der Waals surface area contributed by atoms with Crippen molar-refractivity contribution in [3.8, 4) is 5.69 Å². The second-order valence-corrected chi connectivity index (χ2v) is 5.57. The predicted octanol–water partition coefficient (Wildman–Crippen LogP) is 2.43. The molecular weight excluding hydrogens is 323 g/mol. The number of amides is 1. The third-order valence-corrected chi connectivity index (χ3v) is 3.80. The summed E-state index contributed by atoms with van der Waals surface area (Å²) in [6.07, 6.45) is 4.04. The minimum Gasteiger partial charge on any atom is -0.349 e. The first-order valence-corrected chi connectivity index (χ1v) is 7.43. The molecule has 0 aliphatic carbocycles. The molecule has 1 aliphatic rings. The topological polar surface area (TPSA) is 59.0 Å². The molecule has 1 amide bonds. The second kappa shape index (κ2) is 7.63. The molecule has 0 radical (unpaired) electrons. The van der Waals surface area contributed by atoms with Gasteiger partial charge >= 0.3 is 0 Å². The summed E-state index contributed by atoms with van der Waals surface area (Å²) in [5, 5.41) is 11.2. The first kappa shape index (κ1) is 16.8. The number of hydrogen-bond acceptors (Lipinski definition) is 3. The Hall–Kier alpha value is -1.56. The van der Waals surface area contributed by atoms with E-state index in [9.17, 15) is 4.79 Å². The van der Waals surface area contributed by atoms with Crippen molar-refractivity contribution in [1.82, 2.24) is 20.4 Å². The van der Waals surface area contributed by atoms with Gasteiger partial charge in [0.15, 0.2) is 5.69 Å². The van der Waals surface area contributed by atoms with Crippen LogP contribution in [0.2, 0.25) is 5.02 Å². The zero-order valence-corrected chi connectivity index (χ0v) is 13.5. The summed E-state index contributed by atoms with van der Waals surface area (Å²) in [4.78, 5) is 12.1. The molecule has 2 aromatic rings. The van der Waals surface area contributed by atoms with Crippen LogP contribution in [-0.4, -0.2) is 34.8 Å². The lowest BCUT2D eigenvalue weighted by atomic mass is 10.2. The van der Waals surface area contributed by atoms with E-state index < -0.39 is 0 Å². The molecule has 3 rings (SSSR count). The molecule has 0 bridgehead atoms. The van der Waals surface area contributed by atoms with Crippen molar-refractivity contribution in [1.29, 1.82) is 0 Å². The van der Waals surface area contributed by atoms with Crippen LogP contribution in [0, 0.1) is 0 Å². The average Bonchev–Trinajstić information content (AvgIpc) is 3.16. The van der Waals surface area contributed by atoms with Crippen molar-refractivity contribution in [2.24, 2.45) is 0 Å². The Morgan fingerprint density at radius 2 is 2.32 bits per heavy atom. The number of nitrogens with one attached hydrogen (secondary N) is 2. The van der Waals surface area contributed by atoms with Crippen LogP contribution in [0.4, 0.5) is 0 Å². The van der Waals surface area contributed by atoms with Gasteiger partial charge in [0.2, 0.25) is 0 Å². The summed E-state index contributed by atoms with van der Waals surface area (Å²) in [6.45, 7) is 1.67. The van der Waals surface area contributed by atoms with E-state index in [0.717, 1.165) is 18.7 Å². The molecule has 2 heterocycles. The zero-order chi connectivity index (χ0) is 14.7. The number of carbonyl (C=O) groups is 1. The van der Waals surface area contributed by atoms with Gasteiger partial charge in [-0.15, -0.1) is 12.4 Å². The highest BCUT2D eigenvalue weighted by Crippen LogP contribution is 2.14. The molecule has 1 fully saturated rings. The van der Waals surface area contributed by atoms with Gasteiger partial charge in [-0.3, -0.25) is 4.79 Å². The van der Waals surface area contributed by atoms with Crippen molar-refractivity contribution >= 4 is 29.9 Å². The van der Waals surface area contributed by atoms with Gasteiger partial charge in [-0.05, 0) is 43.7 Å². The Bertz CT molecular complexity index is 638. The van der Waals surface area contributed by atoms with Crippen LogP contribution in [0.1, 0.15) is 23.3 Å². The van der Waals surface area contributed by atoms with E-state index in [-0.39, 0.29) is 18.3 Å². The SMILES string of the molecule is Cl.O=C(NCC1CCCN1)c1ccn(-c2cccc(Cl)c2)n1. The Morgan fingerprint density at radius 1 is 1.45 bits per heavy atom. The van der Waals surface area contributed by atoms with Crippen molar-refractivity contribution < 1.29 is 4.79 Å². The van der Waals surface area contributed by atoms with E-state index in [0.29, 0.717) is 23.3 Å². The maximum atomic E-state index is 12.1. The van der Waals surface area contributed by atoms with E-state index >= 15 is 0 Å². The van der Waals surface area contributed by atoms with Crippen LogP contribution in [0.3, 0.4) is 0 Å². The summed E-state index contributed by atoms with van der Waals surface area (Å²) in [5.41, 5.74) is 1.24. The third kappa shape index (κ3) is 4.00. The minimum absolute atomic E-state index is 0. The molecule has 1 aromatic carbocycles. The number of rotatable bonds is 4. The van der Waals surface area contributed by atoms with Crippen molar-refractivity contribution in [3.63, 3.8) is 0 Å². The summed E-state index contributed by atoms with van der Waals surface area (Å²) in [6, 6.07) is 9.44. The molecule has 1 aliphatic heterocycles. The zero-order valence-electron chi connectivity index (χ0n) is 12.0. The number of halogens is 2. The van der Waals surface area contributed by atoms with E-state index in [1.54, 1.807) is 29.1 Å². The maximum Gasteiger partial charge on any atom is 0.271 e. The maximum absolute atomic E-state index is 12.1. The van der Waals surface area contributed by atoms with Gasteiger partial charge in [-0.25, -0.2) is 4.68 Å². The fraction of sp³-hybridized carbons (Fsp3) is 0.333. The van der Waals surface area contributed by atoms with Crippen LogP contribution < -0.4 is 10.6 Å². The van der Waals surface area contributed by atoms with Crippen LogP contribution in [0.25, 0.3) is 5.69 Å². The average molecular weight is 341 g/mol. The highest BCUT2D eigenvalue weighted by molar-refractivity contribution is 6.30. The Labute approximate surface area is 140 Å². The molecule has 1 saturated heterocycles. The second-order valence-electron chi connectivity index (χ2n) is 5.13. The molecular formula is C15H18Cl2N4O. The van der Waals surface area contributed by atoms with Gasteiger partial charge in [0.1, 0.15) is 0 Å². The lowest BCUT2D eigenvalue weighted by molar-refractivity contribution is 0.0945. The van der Waals surface area contributed by atoms with E-state index in [1.807, 2.05) is 12.1 Å². The van der Waals surface area contributed by atoms with Gasteiger partial charge in [0, 0.05) is 23.8 Å². The Balaban J connectivity index is 0.00000176. The van der Waals surface area contributed by atoms with Crippen LogP contribution in [-0.2, 0) is 0 Å². The molecule has 5 nitrogen and oxygen atoms in total. The fourth-order valence-electron chi connectivity index (χ4n) is 2.44. The minimum atomic E-state index is -0.149. The van der Waals surface area contributed by atoms with Gasteiger partial charge < -0.3 is 10.6 Å². The summed E-state index contributed by atoms with van der Waals surface area (Å²) >= 11 is 5.96. The molecule has 7 heteroatoms. The lowest BCUT2D eigenvalue weighted by Gasteiger charge is -2.10. The first-order valence-electron chi connectivity index (χ1n) is 7.05. The normalized spacial score (nSPS) is 17.0. The number of aromatic nitrogens is 2. The molecule has 22 heavy (non-hydrogen) atoms. The van der Waals surface area contributed by atoms with Gasteiger partial charge in [-0.2, -0.15) is 5.10 Å². The Morgan fingerprint density at radius 3 is 3.05 bits per heavy atom. The van der Waals surface area contributed by atoms with Crippen LogP contribution in [0.15, 0.2) is 36.5 Å². The van der Waals surface area contributed by atoms with E-state index in [2.05, 4.69) is 15.7 Å². The quantitative estimate of drug-likeness (QED) is 0.898. The number of carbonyl (C=O) groups excluding carboxylic acids is 1. The van der Waals surface area contributed by atoms with Gasteiger partial charge in [0.25, 0.3) is 5.91 Å². The molecule has 2 N–H and O–H groups in total. The van der Waals surface area contributed by atoms with Crippen LogP contribution in [0.5, 0.6) is 0 Å². The summed E-state index contributed by atoms with van der Waals surface area (Å²) < 4.78 is 1.65. The predicted molar refractivity (Wildman–Crippen MR) is 89.2 cm³/mol. The lowest BCUT2D eigenvalue weighted by Crippen LogP contribution is -2.37. The van der Waals surface area contributed by atoms with Crippen molar-refractivity contribution in [3.05, 3.63) is 47.2 Å². The van der Waals surface area contributed by atoms with E-state index in [4.69, 9.17) is 11.6 Å². The monoisotopic (exact) mass is 340 g/mol. The van der Waals surface area contributed by atoms with Gasteiger partial charge in [-0.1, -0.05) is 17.7 Å². The molecule has 1 atom stereocenters. The fourth-order valence-corrected chi connectivity index (χ4v) is 2.63. The van der Waals surface area contributed by atoms with Crippen molar-refractivity contribution in [2.75, 3.05) is 13.1 Å². The summed E-state index contributed by atoms with van der Waals surface area (Å²) in [7, 11) is 0. The highest BCUT2D eigenvalue weighted by atomic mass is 35.5. The highest BCUT2D eigenvalue weighted by Gasteiger charge is 2.16. The standard InChI is InChI=1S/C15H17ClN4O.ClH/c16-11-3-1-5-13(9-11)20-8-6-14(19-20)15(21)18-10-12-4-2-7-17-12;/h1,3,5-6,8-9,12,17H,2,4,7,10H2,(H,18,21);1H. The van der Waals surface area contributed by atoms with Crippen LogP contribution >= 0.6 is 24.0 Å². The molecule has 0 spiro atoms. The molecule has 1 unspecified atom stereocenters. The number of nitrogens with zero attached hydrogens (tertiary/aromatic N) is 2. The smallest absolute Gasteiger partial charge is 0.271 e. The molecule has 0 saturated carbocycles.